The van der Waals surface area contributed by atoms with E-state index in [4.69, 9.17) is 0 Å². The summed E-state index contributed by atoms with van der Waals surface area (Å²) < 4.78 is 5.03. The summed E-state index contributed by atoms with van der Waals surface area (Å²) in [4.78, 5) is 0. The maximum atomic E-state index is 2.55. The third-order valence-corrected chi connectivity index (χ3v) is 21.1. The van der Waals surface area contributed by atoms with Crippen molar-refractivity contribution in [3.05, 3.63) is 347 Å². The van der Waals surface area contributed by atoms with E-state index in [1.807, 2.05) is 0 Å². The number of aromatic nitrogens is 2. The van der Waals surface area contributed by atoms with Gasteiger partial charge >= 0.3 is 0 Å². The molecule has 2 heteroatoms. The van der Waals surface area contributed by atoms with Crippen LogP contribution in [0.25, 0.3) is 122 Å². The Balaban J connectivity index is 0.659. The van der Waals surface area contributed by atoms with E-state index in [2.05, 4.69) is 300 Å². The Labute approximate surface area is 511 Å². The van der Waals surface area contributed by atoms with Crippen LogP contribution in [0.2, 0.25) is 0 Å². The monoisotopic (exact) mass is 1120 g/mol. The average Bonchev–Trinajstić information content (AvgIpc) is 1.54. The highest BCUT2D eigenvalue weighted by molar-refractivity contribution is 6.13. The van der Waals surface area contributed by atoms with Crippen molar-refractivity contribution in [3.8, 4) is 61.3 Å². The van der Waals surface area contributed by atoms with Crippen LogP contribution in [0, 0.1) is 0 Å². The van der Waals surface area contributed by atoms with Gasteiger partial charge in [0.25, 0.3) is 0 Å². The van der Waals surface area contributed by atoms with Gasteiger partial charge in [-0.25, -0.2) is 0 Å². The van der Waals surface area contributed by atoms with E-state index >= 15 is 0 Å². The van der Waals surface area contributed by atoms with Crippen LogP contribution in [0.5, 0.6) is 0 Å². The highest BCUT2D eigenvalue weighted by atomic mass is 15.0. The molecule has 6 aliphatic rings. The zero-order chi connectivity index (χ0) is 57.4. The van der Waals surface area contributed by atoms with Crippen molar-refractivity contribution in [1.82, 2.24) is 9.13 Å². The summed E-state index contributed by atoms with van der Waals surface area (Å²) in [5.41, 5.74) is 36.1. The van der Waals surface area contributed by atoms with Gasteiger partial charge in [0.15, 0.2) is 0 Å². The van der Waals surface area contributed by atoms with Crippen LogP contribution in [0.4, 0.5) is 0 Å². The predicted molar refractivity (Wildman–Crippen MR) is 366 cm³/mol. The predicted octanol–water partition coefficient (Wildman–Crippen LogP) is 21.7. The molecule has 6 aliphatic carbocycles. The Morgan fingerprint density at radius 3 is 1.24 bits per heavy atom. The van der Waals surface area contributed by atoms with Gasteiger partial charge in [-0.3, -0.25) is 0 Å². The van der Waals surface area contributed by atoms with Gasteiger partial charge in [-0.2, -0.15) is 0 Å². The first-order valence-electron chi connectivity index (χ1n) is 31.4. The molecule has 0 fully saturated rings. The molecule has 1 unspecified atom stereocenters. The molecule has 0 saturated carbocycles. The van der Waals surface area contributed by atoms with E-state index in [-0.39, 0.29) is 5.41 Å². The quantitative estimate of drug-likeness (QED) is 0.163. The Morgan fingerprint density at radius 2 is 0.682 bits per heavy atom. The molecule has 0 saturated heterocycles. The highest BCUT2D eigenvalue weighted by Gasteiger charge is 2.54. The lowest BCUT2D eigenvalue weighted by molar-refractivity contribution is 0.782. The summed E-state index contributed by atoms with van der Waals surface area (Å²) in [6.07, 6.45) is 13.8. The van der Waals surface area contributed by atoms with Crippen molar-refractivity contribution in [2.24, 2.45) is 0 Å². The van der Waals surface area contributed by atoms with Crippen LogP contribution in [-0.4, -0.2) is 9.13 Å². The zero-order valence-electron chi connectivity index (χ0n) is 48.4. The fourth-order valence-electron chi connectivity index (χ4n) is 17.6. The molecule has 12 aromatic carbocycles. The second-order valence-electron chi connectivity index (χ2n) is 25.1. The topological polar surface area (TPSA) is 9.86 Å². The number of allylic oxidation sites excluding steroid dienone is 8. The Bertz CT molecular complexity index is 5500. The van der Waals surface area contributed by atoms with E-state index in [9.17, 15) is 0 Å². The van der Waals surface area contributed by atoms with E-state index in [1.165, 1.54) is 172 Å². The molecule has 0 radical (unpaired) electrons. The van der Waals surface area contributed by atoms with E-state index in [1.54, 1.807) is 0 Å². The minimum atomic E-state index is -0.390. The van der Waals surface area contributed by atoms with E-state index in [0.717, 1.165) is 31.4 Å². The molecule has 20 rings (SSSR count). The van der Waals surface area contributed by atoms with Crippen LogP contribution >= 0.6 is 0 Å². The molecule has 0 aliphatic heterocycles. The largest absolute Gasteiger partial charge is 0.313 e. The van der Waals surface area contributed by atoms with E-state index in [0.29, 0.717) is 0 Å². The summed E-state index contributed by atoms with van der Waals surface area (Å²) in [7, 11) is 0. The Kier molecular flexibility index (Phi) is 9.85. The molecule has 2 aromatic heterocycles. The SMILES string of the molecule is C1=C(c2ccc(-n3c4ccccc4c4ccc(-c5ccc6c(c5)C5(c7ccccc7-c7ccccc75)c5ccccc5-6)cc43)cc2)CCC(n2c3ccccc3c3ccc(-c4ccc5c(c4)C4(C6=CCCC=C6c6ccccc64)c4ccccc4-5)cc32)=C1. The summed E-state index contributed by atoms with van der Waals surface area (Å²) in [5, 5.41) is 5.09. The van der Waals surface area contributed by atoms with Gasteiger partial charge < -0.3 is 9.13 Å². The van der Waals surface area contributed by atoms with Crippen LogP contribution in [-0.2, 0) is 10.8 Å². The van der Waals surface area contributed by atoms with Gasteiger partial charge in [-0.05, 0) is 203 Å². The first kappa shape index (κ1) is 48.4. The molecule has 1 atom stereocenters. The van der Waals surface area contributed by atoms with Gasteiger partial charge in [0, 0.05) is 32.9 Å². The summed E-state index contributed by atoms with van der Waals surface area (Å²) >= 11 is 0. The van der Waals surface area contributed by atoms with Gasteiger partial charge in [0.1, 0.15) is 0 Å². The molecule has 0 bridgehead atoms. The van der Waals surface area contributed by atoms with Crippen molar-refractivity contribution < 1.29 is 0 Å². The summed E-state index contributed by atoms with van der Waals surface area (Å²) in [6, 6.07) is 102. The van der Waals surface area contributed by atoms with E-state index < -0.39 is 5.41 Å². The van der Waals surface area contributed by atoms with Crippen LogP contribution < -0.4 is 0 Å². The molecule has 88 heavy (non-hydrogen) atoms. The third-order valence-electron chi connectivity index (χ3n) is 21.1. The van der Waals surface area contributed by atoms with Crippen molar-refractivity contribution in [1.29, 1.82) is 0 Å². The lowest BCUT2D eigenvalue weighted by Crippen LogP contribution is -2.26. The number of nitrogens with zero attached hydrogens (tertiary/aromatic N) is 2. The molecule has 14 aromatic rings. The van der Waals surface area contributed by atoms with Crippen molar-refractivity contribution in [2.75, 3.05) is 0 Å². The molecule has 0 N–H and O–H groups in total. The minimum absolute atomic E-state index is 0.336. The first-order valence-corrected chi connectivity index (χ1v) is 31.4. The number of hydrogen-bond donors (Lipinski definition) is 0. The Morgan fingerprint density at radius 1 is 0.273 bits per heavy atom. The molecule has 2 heterocycles. The van der Waals surface area contributed by atoms with Crippen LogP contribution in [0.3, 0.4) is 0 Å². The second-order valence-corrected chi connectivity index (χ2v) is 25.1. The molecule has 0 amide bonds. The molecule has 410 valence electrons. The van der Waals surface area contributed by atoms with Gasteiger partial charge in [0.2, 0.25) is 0 Å². The number of para-hydroxylation sites is 2. The molecule has 2 nitrogen and oxygen atoms in total. The van der Waals surface area contributed by atoms with Crippen LogP contribution in [0.15, 0.2) is 297 Å². The molecular formula is C86H56N2. The fourth-order valence-corrected chi connectivity index (χ4v) is 17.6. The maximum Gasteiger partial charge on any atom is 0.0725 e. The van der Waals surface area contributed by atoms with Gasteiger partial charge in [-0.1, -0.05) is 237 Å². The zero-order valence-corrected chi connectivity index (χ0v) is 48.4. The lowest BCUT2D eigenvalue weighted by atomic mass is 9.69. The maximum absolute atomic E-state index is 2.55. The standard InChI is InChI=1S/C86H56N2/c1-9-25-73-61(17-1)62-18-2-10-26-74(62)85(73)77-29-13-5-21-65(77)67-45-37-55(49-79(67)85)57-39-47-71-69-23-7-15-31-81(69)87(83(71)51-57)59-41-33-53(34-42-59)54-35-43-60(44-36-54)88-82-32-16-8-24-70(82)72-48-40-58(52-84(72)88)56-38-46-68-66-22-6-14-30-78(66)86(80(68)50-56)75-27-11-3-19-63(75)64-20-4-12-28-76(64)86/h1-3,5-11,13-35,37-43,45-52H,4,12,36,44H2. The summed E-state index contributed by atoms with van der Waals surface area (Å²) in [6.45, 7) is 0. The van der Waals surface area contributed by atoms with Crippen molar-refractivity contribution >= 4 is 60.5 Å². The molecular weight excluding hydrogens is 1060 g/mol. The number of fused-ring (bicyclic) bond motifs is 26. The minimum Gasteiger partial charge on any atom is -0.313 e. The average molecular weight is 1120 g/mol. The molecule has 2 spiro atoms. The van der Waals surface area contributed by atoms with Gasteiger partial charge in [-0.15, -0.1) is 0 Å². The second kappa shape index (κ2) is 17.9. The van der Waals surface area contributed by atoms with Crippen molar-refractivity contribution in [3.63, 3.8) is 0 Å². The van der Waals surface area contributed by atoms with Gasteiger partial charge in [0.05, 0.1) is 32.9 Å². The number of hydrogen-bond acceptors (Lipinski definition) is 0. The number of benzene rings is 12. The first-order chi connectivity index (χ1) is 43.6. The lowest BCUT2D eigenvalue weighted by Gasteiger charge is -2.32. The fraction of sp³-hybridized carbons (Fsp3) is 0.0698. The highest BCUT2D eigenvalue weighted by Crippen LogP contribution is 2.66. The van der Waals surface area contributed by atoms with Crippen LogP contribution in [0.1, 0.15) is 75.8 Å². The summed E-state index contributed by atoms with van der Waals surface area (Å²) in [5.74, 6) is 0. The number of rotatable bonds is 5. The Hall–Kier alpha value is -10.8. The smallest absolute Gasteiger partial charge is 0.0725 e. The van der Waals surface area contributed by atoms with Crippen molar-refractivity contribution in [2.45, 2.75) is 36.5 Å². The third kappa shape index (κ3) is 6.26. The normalized spacial score (nSPS) is 16.9.